The highest BCUT2D eigenvalue weighted by Crippen LogP contribution is 2.15. The van der Waals surface area contributed by atoms with Crippen molar-refractivity contribution in [2.24, 2.45) is 0 Å². The molecule has 0 aromatic heterocycles. The topological polar surface area (TPSA) is 38.3 Å². The molecule has 2 aromatic carbocycles. The van der Waals surface area contributed by atoms with Crippen LogP contribution in [0, 0.1) is 17.4 Å². The van der Waals surface area contributed by atoms with Crippen LogP contribution in [0.2, 0.25) is 0 Å². The molecule has 2 aromatic rings. The smallest absolute Gasteiger partial charge is 0.262 e. The number of rotatable bonds is 4. The minimum absolute atomic E-state index is 0.00752. The summed E-state index contributed by atoms with van der Waals surface area (Å²) in [6.45, 7) is 4.02. The van der Waals surface area contributed by atoms with Crippen molar-refractivity contribution in [2.45, 2.75) is 13.8 Å². The van der Waals surface area contributed by atoms with Gasteiger partial charge in [0, 0.05) is 9.26 Å². The van der Waals surface area contributed by atoms with Gasteiger partial charge in [0.2, 0.25) is 0 Å². The van der Waals surface area contributed by atoms with Crippen molar-refractivity contribution >= 4 is 34.2 Å². The Morgan fingerprint density at radius 1 is 1.10 bits per heavy atom. The molecule has 0 fully saturated rings. The summed E-state index contributed by atoms with van der Waals surface area (Å²) in [6, 6.07) is 13.5. The van der Waals surface area contributed by atoms with Crippen LogP contribution >= 0.6 is 22.6 Å². The molecule has 3 nitrogen and oxygen atoms in total. The van der Waals surface area contributed by atoms with E-state index in [1.54, 1.807) is 0 Å². The van der Waals surface area contributed by atoms with Crippen LogP contribution in [0.4, 0.5) is 5.69 Å². The van der Waals surface area contributed by atoms with Gasteiger partial charge in [0.15, 0.2) is 6.61 Å². The van der Waals surface area contributed by atoms with Crippen LogP contribution in [-0.2, 0) is 4.79 Å². The van der Waals surface area contributed by atoms with E-state index in [-0.39, 0.29) is 12.5 Å². The molecule has 0 aliphatic carbocycles. The Labute approximate surface area is 132 Å². The number of nitrogens with one attached hydrogen (secondary N) is 1. The van der Waals surface area contributed by atoms with Gasteiger partial charge in [0.25, 0.3) is 5.91 Å². The molecule has 20 heavy (non-hydrogen) atoms. The van der Waals surface area contributed by atoms with E-state index >= 15 is 0 Å². The lowest BCUT2D eigenvalue weighted by atomic mass is 10.1. The Morgan fingerprint density at radius 2 is 1.70 bits per heavy atom. The van der Waals surface area contributed by atoms with Gasteiger partial charge in [-0.2, -0.15) is 0 Å². The van der Waals surface area contributed by atoms with E-state index in [0.29, 0.717) is 5.75 Å². The van der Waals surface area contributed by atoms with Crippen LogP contribution in [0.25, 0.3) is 0 Å². The van der Waals surface area contributed by atoms with E-state index in [1.807, 2.05) is 50.2 Å². The van der Waals surface area contributed by atoms with Gasteiger partial charge in [-0.15, -0.1) is 0 Å². The molecule has 0 radical (unpaired) electrons. The first kappa shape index (κ1) is 14.8. The number of amides is 1. The van der Waals surface area contributed by atoms with Crippen LogP contribution in [0.3, 0.4) is 0 Å². The van der Waals surface area contributed by atoms with Crippen LogP contribution in [0.15, 0.2) is 42.5 Å². The quantitative estimate of drug-likeness (QED) is 0.816. The summed E-state index contributed by atoms with van der Waals surface area (Å²) in [5.74, 6) is 0.537. The summed E-state index contributed by atoms with van der Waals surface area (Å²) in [4.78, 5) is 11.8. The summed E-state index contributed by atoms with van der Waals surface area (Å²) in [7, 11) is 0. The monoisotopic (exact) mass is 381 g/mol. The van der Waals surface area contributed by atoms with Crippen LogP contribution < -0.4 is 10.1 Å². The van der Waals surface area contributed by atoms with Gasteiger partial charge in [-0.25, -0.2) is 0 Å². The van der Waals surface area contributed by atoms with Crippen molar-refractivity contribution < 1.29 is 9.53 Å². The second kappa shape index (κ2) is 6.74. The van der Waals surface area contributed by atoms with E-state index in [4.69, 9.17) is 4.74 Å². The maximum atomic E-state index is 11.8. The molecule has 0 aliphatic rings. The Kier molecular flexibility index (Phi) is 5.00. The molecule has 4 heteroatoms. The summed E-state index contributed by atoms with van der Waals surface area (Å²) in [5.41, 5.74) is 3.05. The van der Waals surface area contributed by atoms with E-state index in [0.717, 1.165) is 20.4 Å². The lowest BCUT2D eigenvalue weighted by Gasteiger charge is -2.09. The van der Waals surface area contributed by atoms with Gasteiger partial charge in [-0.05, 0) is 84.0 Å². The predicted molar refractivity (Wildman–Crippen MR) is 89.2 cm³/mol. The highest BCUT2D eigenvalue weighted by atomic mass is 127. The molecule has 0 heterocycles. The zero-order valence-corrected chi connectivity index (χ0v) is 13.6. The van der Waals surface area contributed by atoms with E-state index in [1.165, 1.54) is 0 Å². The number of carbonyl (C=O) groups is 1. The fraction of sp³-hybridized carbons (Fsp3) is 0.188. The highest BCUT2D eigenvalue weighted by Gasteiger charge is 2.04. The number of hydrogen-bond acceptors (Lipinski definition) is 2. The molecule has 0 saturated heterocycles. The summed E-state index contributed by atoms with van der Waals surface area (Å²) >= 11 is 2.22. The molecule has 104 valence electrons. The molecule has 0 saturated carbocycles. The average molecular weight is 381 g/mol. The minimum Gasteiger partial charge on any atom is -0.484 e. The lowest BCUT2D eigenvalue weighted by Crippen LogP contribution is -2.20. The zero-order valence-electron chi connectivity index (χ0n) is 11.4. The number of benzene rings is 2. The first-order chi connectivity index (χ1) is 9.52. The Hall–Kier alpha value is -1.56. The Morgan fingerprint density at radius 3 is 2.30 bits per heavy atom. The molecule has 0 spiro atoms. The second-order valence-electron chi connectivity index (χ2n) is 4.67. The molecule has 0 bridgehead atoms. The van der Waals surface area contributed by atoms with Gasteiger partial charge in [-0.3, -0.25) is 4.79 Å². The van der Waals surface area contributed by atoms with Crippen molar-refractivity contribution in [1.29, 1.82) is 0 Å². The number of halogens is 1. The second-order valence-corrected chi connectivity index (χ2v) is 5.91. The van der Waals surface area contributed by atoms with Gasteiger partial charge < -0.3 is 10.1 Å². The van der Waals surface area contributed by atoms with Crippen molar-refractivity contribution in [3.63, 3.8) is 0 Å². The number of anilines is 1. The average Bonchev–Trinajstić information content (AvgIpc) is 2.37. The van der Waals surface area contributed by atoms with Crippen molar-refractivity contribution in [1.82, 2.24) is 0 Å². The largest absolute Gasteiger partial charge is 0.484 e. The van der Waals surface area contributed by atoms with Gasteiger partial charge in [0.05, 0.1) is 0 Å². The third-order valence-electron chi connectivity index (χ3n) is 2.69. The SMILES string of the molecule is Cc1cc(C)cc(NC(=O)COc2ccc(I)cc2)c1. The highest BCUT2D eigenvalue weighted by molar-refractivity contribution is 14.1. The van der Waals surface area contributed by atoms with Crippen LogP contribution in [0.1, 0.15) is 11.1 Å². The van der Waals surface area contributed by atoms with Crippen LogP contribution in [-0.4, -0.2) is 12.5 Å². The molecular formula is C16H16INO2. The Balaban J connectivity index is 1.90. The zero-order chi connectivity index (χ0) is 14.5. The standard InChI is InChI=1S/C16H16INO2/c1-11-7-12(2)9-14(8-11)18-16(19)10-20-15-5-3-13(17)4-6-15/h3-9H,10H2,1-2H3,(H,18,19). The van der Waals surface area contributed by atoms with Gasteiger partial charge in [-0.1, -0.05) is 6.07 Å². The fourth-order valence-corrected chi connectivity index (χ4v) is 2.28. The lowest BCUT2D eigenvalue weighted by molar-refractivity contribution is -0.118. The predicted octanol–water partition coefficient (Wildman–Crippen LogP) is 3.93. The first-order valence-electron chi connectivity index (χ1n) is 6.29. The number of aryl methyl sites for hydroxylation is 2. The third-order valence-corrected chi connectivity index (χ3v) is 3.41. The normalized spacial score (nSPS) is 10.2. The maximum absolute atomic E-state index is 11.8. The molecule has 0 aliphatic heterocycles. The number of hydrogen-bond donors (Lipinski definition) is 1. The molecular weight excluding hydrogens is 365 g/mol. The van der Waals surface area contributed by atoms with Crippen molar-refractivity contribution in [3.05, 3.63) is 57.2 Å². The fourth-order valence-electron chi connectivity index (χ4n) is 1.92. The van der Waals surface area contributed by atoms with E-state index in [9.17, 15) is 4.79 Å². The summed E-state index contributed by atoms with van der Waals surface area (Å²) in [6.07, 6.45) is 0. The Bertz CT molecular complexity index is 588. The first-order valence-corrected chi connectivity index (χ1v) is 7.37. The summed E-state index contributed by atoms with van der Waals surface area (Å²) < 4.78 is 6.57. The van der Waals surface area contributed by atoms with Crippen molar-refractivity contribution in [3.8, 4) is 5.75 Å². The molecule has 1 amide bonds. The van der Waals surface area contributed by atoms with E-state index < -0.39 is 0 Å². The maximum Gasteiger partial charge on any atom is 0.262 e. The molecule has 0 unspecified atom stereocenters. The molecule has 0 atom stereocenters. The molecule has 1 N–H and O–H groups in total. The van der Waals surface area contributed by atoms with Crippen molar-refractivity contribution in [2.75, 3.05) is 11.9 Å². The minimum atomic E-state index is -0.159. The third kappa shape index (κ3) is 4.52. The van der Waals surface area contributed by atoms with Crippen LogP contribution in [0.5, 0.6) is 5.75 Å². The molecule has 2 rings (SSSR count). The number of ether oxygens (including phenoxy) is 1. The van der Waals surface area contributed by atoms with Gasteiger partial charge in [0.1, 0.15) is 5.75 Å². The summed E-state index contributed by atoms with van der Waals surface area (Å²) in [5, 5.41) is 2.84. The van der Waals surface area contributed by atoms with Gasteiger partial charge >= 0.3 is 0 Å². The van der Waals surface area contributed by atoms with E-state index in [2.05, 4.69) is 34.0 Å². The number of carbonyl (C=O) groups excluding carboxylic acids is 1.